The molecule has 0 fully saturated rings. The first-order valence-electron chi connectivity index (χ1n) is 3.26. The Morgan fingerprint density at radius 2 is 1.62 bits per heavy atom. The molecule has 6 heteroatoms. The van der Waals surface area contributed by atoms with Gasteiger partial charge in [-0.05, 0) is 11.6 Å². The van der Waals surface area contributed by atoms with Crippen molar-refractivity contribution >= 4 is 52.5 Å². The molecule has 0 saturated heterocycles. The lowest BCUT2D eigenvalue weighted by Gasteiger charge is -1.99. The van der Waals surface area contributed by atoms with Gasteiger partial charge in [0.15, 0.2) is 0 Å². The van der Waals surface area contributed by atoms with Gasteiger partial charge in [-0.25, -0.2) is 9.97 Å². The van der Waals surface area contributed by atoms with Gasteiger partial charge in [0, 0.05) is 11.4 Å². The molecule has 1 rings (SSSR count). The minimum Gasteiger partial charge on any atom is -0.205 e. The summed E-state index contributed by atoms with van der Waals surface area (Å²) in [5, 5.41) is 0.454. The Labute approximate surface area is 95.5 Å². The van der Waals surface area contributed by atoms with Crippen molar-refractivity contribution in [2.45, 2.75) is 0 Å². The summed E-state index contributed by atoms with van der Waals surface area (Å²) in [6, 6.07) is 0. The highest BCUT2D eigenvalue weighted by Gasteiger charge is 2.06. The third kappa shape index (κ3) is 2.99. The lowest BCUT2D eigenvalue weighted by atomic mass is 10.3. The van der Waals surface area contributed by atoms with E-state index >= 15 is 0 Å². The third-order valence-electron chi connectivity index (χ3n) is 1.20. The molecule has 1 heterocycles. The Hall–Kier alpha value is -0.0200. The number of hydrogen-bond acceptors (Lipinski definition) is 2. The summed E-state index contributed by atoms with van der Waals surface area (Å²) in [5.41, 5.74) is 0.522. The summed E-state index contributed by atoms with van der Waals surface area (Å²) in [7, 11) is 0. The minimum absolute atomic E-state index is 0.0259. The van der Waals surface area contributed by atoms with Crippen molar-refractivity contribution < 1.29 is 0 Å². The summed E-state index contributed by atoms with van der Waals surface area (Å²) >= 11 is 22.5. The minimum atomic E-state index is 0.0259. The quantitative estimate of drug-likeness (QED) is 0.459. The monoisotopic (exact) mass is 256 g/mol. The molecule has 0 atom stereocenters. The molecule has 1 aromatic rings. The van der Waals surface area contributed by atoms with Crippen LogP contribution in [0.1, 0.15) is 5.56 Å². The maximum atomic E-state index is 5.76. The Morgan fingerprint density at radius 1 is 1.08 bits per heavy atom. The molecular weight excluding hydrogens is 254 g/mol. The van der Waals surface area contributed by atoms with Crippen molar-refractivity contribution in [3.8, 4) is 0 Å². The van der Waals surface area contributed by atoms with Crippen LogP contribution in [0.5, 0.6) is 0 Å². The molecule has 0 unspecified atom stereocenters. The molecule has 2 nitrogen and oxygen atoms in total. The van der Waals surface area contributed by atoms with E-state index in [0.29, 0.717) is 11.4 Å². The fraction of sp³-hybridized carbons (Fsp3) is 0.143. The van der Waals surface area contributed by atoms with E-state index in [1.807, 2.05) is 0 Å². The molecule has 0 aliphatic carbocycles. The van der Waals surface area contributed by atoms with Crippen molar-refractivity contribution in [2.24, 2.45) is 0 Å². The summed E-state index contributed by atoms with van der Waals surface area (Å²) in [6.07, 6.45) is 3.33. The third-order valence-corrected chi connectivity index (χ3v) is 2.12. The number of allylic oxidation sites excluding steroid dienone is 1. The maximum absolute atomic E-state index is 5.76. The highest BCUT2D eigenvalue weighted by atomic mass is 35.5. The zero-order chi connectivity index (χ0) is 9.84. The molecule has 0 aliphatic heterocycles. The van der Waals surface area contributed by atoms with Gasteiger partial charge < -0.3 is 0 Å². The van der Waals surface area contributed by atoms with Gasteiger partial charge >= 0.3 is 0 Å². The second-order valence-electron chi connectivity index (χ2n) is 2.04. The molecule has 70 valence electrons. The van der Waals surface area contributed by atoms with Gasteiger partial charge in [0.25, 0.3) is 0 Å². The predicted molar refractivity (Wildman–Crippen MR) is 56.8 cm³/mol. The molecule has 0 saturated carbocycles. The normalized spacial score (nSPS) is 11.1. The fourth-order valence-electron chi connectivity index (χ4n) is 0.692. The van der Waals surface area contributed by atoms with E-state index in [-0.39, 0.29) is 15.6 Å². The number of nitrogens with zero attached hydrogens (tertiary/aromatic N) is 2. The van der Waals surface area contributed by atoms with Gasteiger partial charge in [0.2, 0.25) is 5.28 Å². The van der Waals surface area contributed by atoms with Crippen LogP contribution in [0.3, 0.4) is 0 Å². The van der Waals surface area contributed by atoms with Gasteiger partial charge in [-0.3, -0.25) is 0 Å². The van der Waals surface area contributed by atoms with E-state index in [0.717, 1.165) is 0 Å². The molecular formula is C7H4Cl4N2. The van der Waals surface area contributed by atoms with E-state index < -0.39 is 0 Å². The van der Waals surface area contributed by atoms with E-state index in [9.17, 15) is 0 Å². The summed E-state index contributed by atoms with van der Waals surface area (Å²) < 4.78 is 0. The molecule has 0 spiro atoms. The largest absolute Gasteiger partial charge is 0.225 e. The first-order valence-corrected chi connectivity index (χ1v) is 4.93. The summed E-state index contributed by atoms with van der Waals surface area (Å²) in [4.78, 5) is 7.46. The van der Waals surface area contributed by atoms with Crippen LogP contribution in [-0.4, -0.2) is 15.8 Å². The van der Waals surface area contributed by atoms with Gasteiger partial charge in [0.05, 0.1) is 0 Å². The molecule has 0 amide bonds. The number of alkyl halides is 1. The zero-order valence-electron chi connectivity index (χ0n) is 6.27. The van der Waals surface area contributed by atoms with E-state index in [1.165, 1.54) is 0 Å². The molecule has 0 bridgehead atoms. The summed E-state index contributed by atoms with van der Waals surface area (Å²) in [6.45, 7) is 0. The second-order valence-corrected chi connectivity index (χ2v) is 3.41. The Kier molecular flexibility index (Phi) is 4.26. The van der Waals surface area contributed by atoms with Crippen molar-refractivity contribution in [1.29, 1.82) is 0 Å². The van der Waals surface area contributed by atoms with Crippen molar-refractivity contribution in [3.63, 3.8) is 0 Å². The van der Waals surface area contributed by atoms with Crippen molar-refractivity contribution in [1.82, 2.24) is 9.97 Å². The SMILES string of the molecule is ClCC=Cc1c(Cl)nc(Cl)nc1Cl. The standard InChI is InChI=1S/C7H4Cl4N2/c8-3-1-2-4-5(9)12-7(11)13-6(4)10/h1-2H,3H2. The van der Waals surface area contributed by atoms with Crippen LogP contribution in [0.2, 0.25) is 15.6 Å². The zero-order valence-corrected chi connectivity index (χ0v) is 9.29. The van der Waals surface area contributed by atoms with Crippen molar-refractivity contribution in [3.05, 3.63) is 27.2 Å². The molecule has 1 aromatic heterocycles. The van der Waals surface area contributed by atoms with Gasteiger partial charge in [-0.15, -0.1) is 11.6 Å². The van der Waals surface area contributed by atoms with Crippen molar-refractivity contribution in [2.75, 3.05) is 5.88 Å². The van der Waals surface area contributed by atoms with Gasteiger partial charge in [0.1, 0.15) is 10.3 Å². The van der Waals surface area contributed by atoms with Crippen LogP contribution in [0.25, 0.3) is 6.08 Å². The highest BCUT2D eigenvalue weighted by molar-refractivity contribution is 6.37. The van der Waals surface area contributed by atoms with Crippen LogP contribution in [0.4, 0.5) is 0 Å². The predicted octanol–water partition coefficient (Wildman–Crippen LogP) is 3.69. The van der Waals surface area contributed by atoms with E-state index in [4.69, 9.17) is 46.4 Å². The Bertz CT molecular complexity index is 314. The van der Waals surface area contributed by atoms with Crippen LogP contribution in [0.15, 0.2) is 6.08 Å². The maximum Gasteiger partial charge on any atom is 0.225 e. The highest BCUT2D eigenvalue weighted by Crippen LogP contribution is 2.23. The smallest absolute Gasteiger partial charge is 0.205 e. The average molecular weight is 258 g/mol. The molecule has 0 N–H and O–H groups in total. The number of aromatic nitrogens is 2. The second kappa shape index (κ2) is 5.01. The lowest BCUT2D eigenvalue weighted by molar-refractivity contribution is 1.16. The number of halogens is 4. The first kappa shape index (κ1) is 11.1. The first-order chi connectivity index (χ1) is 6.15. The molecule has 13 heavy (non-hydrogen) atoms. The Balaban J connectivity index is 3.13. The number of hydrogen-bond donors (Lipinski definition) is 0. The van der Waals surface area contributed by atoms with Gasteiger partial charge in [-0.2, -0.15) is 0 Å². The average Bonchev–Trinajstić information content (AvgIpc) is 2.02. The van der Waals surface area contributed by atoms with Crippen LogP contribution in [0, 0.1) is 0 Å². The van der Waals surface area contributed by atoms with Crippen LogP contribution >= 0.6 is 46.4 Å². The number of rotatable bonds is 2. The topological polar surface area (TPSA) is 25.8 Å². The lowest BCUT2D eigenvalue weighted by Crippen LogP contribution is -1.89. The van der Waals surface area contributed by atoms with Crippen LogP contribution in [-0.2, 0) is 0 Å². The van der Waals surface area contributed by atoms with E-state index in [1.54, 1.807) is 12.2 Å². The fourth-order valence-corrected chi connectivity index (χ4v) is 1.55. The van der Waals surface area contributed by atoms with Crippen LogP contribution < -0.4 is 0 Å². The molecule has 0 aliphatic rings. The molecule has 0 radical (unpaired) electrons. The Morgan fingerprint density at radius 3 is 2.08 bits per heavy atom. The molecule has 0 aromatic carbocycles. The van der Waals surface area contributed by atoms with E-state index in [2.05, 4.69) is 9.97 Å². The van der Waals surface area contributed by atoms with Gasteiger partial charge in [-0.1, -0.05) is 35.4 Å². The summed E-state index contributed by atoms with van der Waals surface area (Å²) in [5.74, 6) is 0.370.